The molecule has 1 N–H and O–H groups in total. The number of methoxy groups -OCH3 is 1. The van der Waals surface area contributed by atoms with Gasteiger partial charge in [0.15, 0.2) is 0 Å². The SMILES string of the molecule is COc1ccc(CCNC(=O)N2CC(Oc3ccccn3)C2)cc1. The summed E-state index contributed by atoms with van der Waals surface area (Å²) < 4.78 is 10.8. The zero-order valence-corrected chi connectivity index (χ0v) is 13.6. The molecule has 3 rings (SSSR count). The van der Waals surface area contributed by atoms with Crippen molar-refractivity contribution in [2.24, 2.45) is 0 Å². The molecular formula is C18H21N3O3. The second-order valence-corrected chi connectivity index (χ2v) is 5.64. The van der Waals surface area contributed by atoms with E-state index in [-0.39, 0.29) is 12.1 Å². The Morgan fingerprint density at radius 2 is 2.04 bits per heavy atom. The molecule has 0 unspecified atom stereocenters. The number of aromatic nitrogens is 1. The van der Waals surface area contributed by atoms with E-state index in [2.05, 4.69) is 10.3 Å². The van der Waals surface area contributed by atoms with Gasteiger partial charge >= 0.3 is 6.03 Å². The number of urea groups is 1. The lowest BCUT2D eigenvalue weighted by Crippen LogP contribution is -2.59. The van der Waals surface area contributed by atoms with Crippen LogP contribution in [0.5, 0.6) is 11.6 Å². The van der Waals surface area contributed by atoms with E-state index >= 15 is 0 Å². The fourth-order valence-corrected chi connectivity index (χ4v) is 2.48. The Morgan fingerprint density at radius 3 is 2.71 bits per heavy atom. The quantitative estimate of drug-likeness (QED) is 0.882. The monoisotopic (exact) mass is 327 g/mol. The van der Waals surface area contributed by atoms with E-state index in [1.165, 1.54) is 0 Å². The molecule has 0 bridgehead atoms. The van der Waals surface area contributed by atoms with E-state index in [4.69, 9.17) is 9.47 Å². The summed E-state index contributed by atoms with van der Waals surface area (Å²) in [6.07, 6.45) is 2.50. The molecule has 24 heavy (non-hydrogen) atoms. The Hall–Kier alpha value is -2.76. The number of benzene rings is 1. The first-order valence-corrected chi connectivity index (χ1v) is 7.98. The van der Waals surface area contributed by atoms with Gasteiger partial charge in [-0.2, -0.15) is 0 Å². The maximum absolute atomic E-state index is 12.0. The number of carbonyl (C=O) groups excluding carboxylic acids is 1. The second kappa shape index (κ2) is 7.68. The van der Waals surface area contributed by atoms with Crippen molar-refractivity contribution < 1.29 is 14.3 Å². The first kappa shape index (κ1) is 16.1. The van der Waals surface area contributed by atoms with Crippen LogP contribution < -0.4 is 14.8 Å². The molecule has 0 radical (unpaired) electrons. The first-order valence-electron chi connectivity index (χ1n) is 7.98. The van der Waals surface area contributed by atoms with Crippen LogP contribution in [0.15, 0.2) is 48.7 Å². The molecule has 6 nitrogen and oxygen atoms in total. The van der Waals surface area contributed by atoms with Gasteiger partial charge in [-0.25, -0.2) is 9.78 Å². The number of hydrogen-bond acceptors (Lipinski definition) is 4. The average Bonchev–Trinajstić information content (AvgIpc) is 2.59. The number of nitrogens with zero attached hydrogens (tertiary/aromatic N) is 2. The topological polar surface area (TPSA) is 63.7 Å². The van der Waals surface area contributed by atoms with Gasteiger partial charge in [0, 0.05) is 18.8 Å². The van der Waals surface area contributed by atoms with Crippen LogP contribution in [0.2, 0.25) is 0 Å². The molecule has 0 saturated carbocycles. The minimum absolute atomic E-state index is 0.0206. The van der Waals surface area contributed by atoms with Gasteiger partial charge < -0.3 is 19.7 Å². The largest absolute Gasteiger partial charge is 0.497 e. The molecule has 1 aromatic carbocycles. The van der Waals surface area contributed by atoms with Gasteiger partial charge in [0.2, 0.25) is 5.88 Å². The van der Waals surface area contributed by atoms with E-state index in [0.29, 0.717) is 25.5 Å². The van der Waals surface area contributed by atoms with Crippen LogP contribution >= 0.6 is 0 Å². The number of rotatable bonds is 6. The normalized spacial score (nSPS) is 14.0. The van der Waals surface area contributed by atoms with Gasteiger partial charge in [-0.3, -0.25) is 0 Å². The van der Waals surface area contributed by atoms with Crippen molar-refractivity contribution >= 4 is 6.03 Å². The van der Waals surface area contributed by atoms with E-state index in [1.807, 2.05) is 42.5 Å². The van der Waals surface area contributed by atoms with Gasteiger partial charge in [-0.1, -0.05) is 18.2 Å². The number of hydrogen-bond donors (Lipinski definition) is 1. The van der Waals surface area contributed by atoms with Crippen molar-refractivity contribution in [3.63, 3.8) is 0 Å². The minimum atomic E-state index is -0.0515. The Labute approximate surface area is 141 Å². The summed E-state index contributed by atoms with van der Waals surface area (Å²) in [6, 6.07) is 13.3. The van der Waals surface area contributed by atoms with Crippen LogP contribution in [-0.2, 0) is 6.42 Å². The van der Waals surface area contributed by atoms with Crippen molar-refractivity contribution in [1.82, 2.24) is 15.2 Å². The molecule has 1 saturated heterocycles. The van der Waals surface area contributed by atoms with Gasteiger partial charge in [-0.05, 0) is 30.2 Å². The van der Waals surface area contributed by atoms with E-state index in [9.17, 15) is 4.79 Å². The highest BCUT2D eigenvalue weighted by molar-refractivity contribution is 5.75. The third kappa shape index (κ3) is 4.16. The standard InChI is InChI=1S/C18H21N3O3/c1-23-15-7-5-14(6-8-15)9-11-20-18(22)21-12-16(13-21)24-17-4-2-3-10-19-17/h2-8,10,16H,9,11-13H2,1H3,(H,20,22). The molecule has 2 aromatic rings. The lowest BCUT2D eigenvalue weighted by atomic mass is 10.1. The molecule has 6 heteroatoms. The summed E-state index contributed by atoms with van der Waals surface area (Å²) in [4.78, 5) is 17.9. The fraction of sp³-hybridized carbons (Fsp3) is 0.333. The maximum Gasteiger partial charge on any atom is 0.317 e. The second-order valence-electron chi connectivity index (χ2n) is 5.64. The van der Waals surface area contributed by atoms with Gasteiger partial charge in [0.05, 0.1) is 20.2 Å². The number of amides is 2. The predicted octanol–water partition coefficient (Wildman–Crippen LogP) is 2.11. The highest BCUT2D eigenvalue weighted by atomic mass is 16.5. The lowest BCUT2D eigenvalue weighted by Gasteiger charge is -2.38. The predicted molar refractivity (Wildman–Crippen MR) is 90.3 cm³/mol. The number of pyridine rings is 1. The summed E-state index contributed by atoms with van der Waals surface area (Å²) in [5, 5.41) is 2.93. The summed E-state index contributed by atoms with van der Waals surface area (Å²) in [5.74, 6) is 1.43. The number of carbonyl (C=O) groups is 1. The Kier molecular flexibility index (Phi) is 5.15. The molecule has 0 aliphatic carbocycles. The third-order valence-corrected chi connectivity index (χ3v) is 3.91. The van der Waals surface area contributed by atoms with Crippen molar-refractivity contribution in [1.29, 1.82) is 0 Å². The average molecular weight is 327 g/mol. The van der Waals surface area contributed by atoms with E-state index < -0.39 is 0 Å². The molecular weight excluding hydrogens is 306 g/mol. The summed E-state index contributed by atoms with van der Waals surface area (Å²) >= 11 is 0. The summed E-state index contributed by atoms with van der Waals surface area (Å²) in [6.45, 7) is 1.78. The van der Waals surface area contributed by atoms with Crippen molar-refractivity contribution in [2.45, 2.75) is 12.5 Å². The zero-order valence-electron chi connectivity index (χ0n) is 13.6. The maximum atomic E-state index is 12.0. The summed E-state index contributed by atoms with van der Waals surface area (Å²) in [5.41, 5.74) is 1.16. The highest BCUT2D eigenvalue weighted by Crippen LogP contribution is 2.15. The molecule has 1 aromatic heterocycles. The van der Waals surface area contributed by atoms with Crippen LogP contribution in [0.25, 0.3) is 0 Å². The third-order valence-electron chi connectivity index (χ3n) is 3.91. The van der Waals surface area contributed by atoms with Gasteiger partial charge in [0.25, 0.3) is 0 Å². The smallest absolute Gasteiger partial charge is 0.317 e. The van der Waals surface area contributed by atoms with Crippen LogP contribution in [0.1, 0.15) is 5.56 Å². The molecule has 126 valence electrons. The Bertz CT molecular complexity index is 655. The molecule has 1 aliphatic rings. The molecule has 2 heterocycles. The summed E-state index contributed by atoms with van der Waals surface area (Å²) in [7, 11) is 1.65. The van der Waals surface area contributed by atoms with Crippen molar-refractivity contribution in [3.05, 3.63) is 54.2 Å². The molecule has 1 aliphatic heterocycles. The lowest BCUT2D eigenvalue weighted by molar-refractivity contribution is 0.0415. The number of ether oxygens (including phenoxy) is 2. The van der Waals surface area contributed by atoms with Crippen LogP contribution in [-0.4, -0.2) is 48.8 Å². The van der Waals surface area contributed by atoms with Crippen molar-refractivity contribution in [2.75, 3.05) is 26.7 Å². The number of likely N-dealkylation sites (tertiary alicyclic amines) is 1. The Balaban J connectivity index is 1.34. The van der Waals surface area contributed by atoms with E-state index in [0.717, 1.165) is 17.7 Å². The van der Waals surface area contributed by atoms with Crippen LogP contribution in [0.4, 0.5) is 4.79 Å². The zero-order chi connectivity index (χ0) is 16.8. The number of nitrogens with one attached hydrogen (secondary N) is 1. The van der Waals surface area contributed by atoms with Crippen LogP contribution in [0, 0.1) is 0 Å². The fourth-order valence-electron chi connectivity index (χ4n) is 2.48. The first-order chi connectivity index (χ1) is 11.7. The highest BCUT2D eigenvalue weighted by Gasteiger charge is 2.32. The molecule has 0 spiro atoms. The molecule has 2 amide bonds. The Morgan fingerprint density at radius 1 is 1.25 bits per heavy atom. The minimum Gasteiger partial charge on any atom is -0.497 e. The van der Waals surface area contributed by atoms with Gasteiger partial charge in [-0.15, -0.1) is 0 Å². The van der Waals surface area contributed by atoms with Crippen molar-refractivity contribution in [3.8, 4) is 11.6 Å². The van der Waals surface area contributed by atoms with Gasteiger partial charge in [0.1, 0.15) is 11.9 Å². The molecule has 1 fully saturated rings. The van der Waals surface area contributed by atoms with E-state index in [1.54, 1.807) is 18.2 Å². The van der Waals surface area contributed by atoms with Crippen LogP contribution in [0.3, 0.4) is 0 Å². The molecule has 0 atom stereocenters.